The van der Waals surface area contributed by atoms with E-state index in [-0.39, 0.29) is 17.2 Å². The van der Waals surface area contributed by atoms with Crippen molar-refractivity contribution in [3.63, 3.8) is 0 Å². The van der Waals surface area contributed by atoms with Gasteiger partial charge in [-0.1, -0.05) is 12.1 Å². The van der Waals surface area contributed by atoms with Crippen LogP contribution in [0.2, 0.25) is 0 Å². The number of thiazole rings is 1. The number of aromatic nitrogens is 1. The van der Waals surface area contributed by atoms with Gasteiger partial charge in [-0.05, 0) is 54.2 Å². The zero-order valence-corrected chi connectivity index (χ0v) is 19.7. The van der Waals surface area contributed by atoms with Gasteiger partial charge in [-0.25, -0.2) is 9.88 Å². The fourth-order valence-electron chi connectivity index (χ4n) is 3.89. The first-order chi connectivity index (χ1) is 16.5. The molecule has 2 aliphatic rings. The molecule has 1 fully saturated rings. The first kappa shape index (κ1) is 21.4. The second-order valence-corrected chi connectivity index (χ2v) is 11.1. The summed E-state index contributed by atoms with van der Waals surface area (Å²) in [6.07, 6.45) is 0. The third-order valence-electron chi connectivity index (χ3n) is 5.53. The number of furan rings is 1. The van der Waals surface area contributed by atoms with Gasteiger partial charge < -0.3 is 9.52 Å². The maximum absolute atomic E-state index is 12.8. The summed E-state index contributed by atoms with van der Waals surface area (Å²) in [6, 6.07) is 15.2. The molecule has 2 amide bonds. The summed E-state index contributed by atoms with van der Waals surface area (Å²) >= 11 is 4.31. The largest absolute Gasteiger partial charge is 0.480 e. The quantitative estimate of drug-likeness (QED) is 0.372. The smallest absolute Gasteiger partial charge is 0.321 e. The van der Waals surface area contributed by atoms with Crippen molar-refractivity contribution in [1.82, 2.24) is 10.3 Å². The summed E-state index contributed by atoms with van der Waals surface area (Å²) in [6.45, 7) is 0. The van der Waals surface area contributed by atoms with E-state index in [9.17, 15) is 14.4 Å². The van der Waals surface area contributed by atoms with Crippen LogP contribution in [0.25, 0.3) is 10.2 Å². The number of nitrogens with zero attached hydrogens (tertiary/aromatic N) is 2. The maximum atomic E-state index is 12.8. The molecule has 2 atom stereocenters. The molecular formula is C23H15N3O5S3. The van der Waals surface area contributed by atoms with Crippen molar-refractivity contribution < 1.29 is 23.9 Å². The van der Waals surface area contributed by atoms with Crippen LogP contribution < -0.4 is 10.2 Å². The van der Waals surface area contributed by atoms with Gasteiger partial charge in [-0.3, -0.25) is 19.7 Å². The normalized spacial score (nSPS) is 19.8. The molecule has 2 aliphatic heterocycles. The van der Waals surface area contributed by atoms with Crippen molar-refractivity contribution in [3.05, 3.63) is 71.5 Å². The van der Waals surface area contributed by atoms with Crippen LogP contribution >= 0.6 is 34.9 Å². The average Bonchev–Trinajstić information content (AvgIpc) is 3.60. The molecule has 1 saturated heterocycles. The van der Waals surface area contributed by atoms with Gasteiger partial charge >= 0.3 is 5.97 Å². The van der Waals surface area contributed by atoms with E-state index >= 15 is 0 Å². The first-order valence-electron chi connectivity index (χ1n) is 10.2. The Bertz CT molecular complexity index is 1440. The Balaban J connectivity index is 1.22. The topological polar surface area (TPSA) is 113 Å². The van der Waals surface area contributed by atoms with Crippen LogP contribution in [-0.4, -0.2) is 39.7 Å². The molecule has 34 heavy (non-hydrogen) atoms. The van der Waals surface area contributed by atoms with Gasteiger partial charge in [0, 0.05) is 5.75 Å². The van der Waals surface area contributed by atoms with E-state index in [1.165, 1.54) is 39.8 Å². The number of fused-ring (bicyclic) bond motifs is 2. The van der Waals surface area contributed by atoms with Crippen molar-refractivity contribution in [2.75, 3.05) is 10.7 Å². The zero-order chi connectivity index (χ0) is 23.4. The fourth-order valence-corrected chi connectivity index (χ4v) is 7.07. The number of thioether (sulfide) groups is 1. The maximum Gasteiger partial charge on any atom is 0.321 e. The highest BCUT2D eigenvalue weighted by Crippen LogP contribution is 2.40. The second kappa shape index (κ2) is 8.27. The molecule has 4 heterocycles. The van der Waals surface area contributed by atoms with Crippen LogP contribution in [-0.2, 0) is 4.79 Å². The number of hydrogen-bond donors (Lipinski definition) is 2. The Kier molecular flexibility index (Phi) is 5.21. The lowest BCUT2D eigenvalue weighted by molar-refractivity contribution is -0.138. The molecule has 4 aromatic rings. The molecule has 0 spiro atoms. The van der Waals surface area contributed by atoms with Gasteiger partial charge in [-0.2, -0.15) is 0 Å². The number of aliphatic carboxylic acids is 1. The van der Waals surface area contributed by atoms with E-state index in [2.05, 4.69) is 10.3 Å². The van der Waals surface area contributed by atoms with Crippen LogP contribution in [0.1, 0.15) is 31.9 Å². The molecule has 0 aliphatic carbocycles. The predicted octanol–water partition coefficient (Wildman–Crippen LogP) is 4.63. The van der Waals surface area contributed by atoms with Crippen molar-refractivity contribution >= 4 is 68.5 Å². The highest BCUT2D eigenvalue weighted by molar-refractivity contribution is 8.01. The number of carboxylic acids is 1. The third kappa shape index (κ3) is 3.61. The SMILES string of the molecule is O=C(O)[C@@H]1CS[C@H](c2ccc(Sc3nc4ccc(N5C(=O)c6ccccc6C5=O)cc4s3)o2)N1. The molecule has 2 aromatic carbocycles. The van der Waals surface area contributed by atoms with Crippen molar-refractivity contribution in [3.8, 4) is 0 Å². The molecule has 2 aromatic heterocycles. The van der Waals surface area contributed by atoms with Crippen molar-refractivity contribution in [2.45, 2.75) is 20.8 Å². The lowest BCUT2D eigenvalue weighted by atomic mass is 10.1. The van der Waals surface area contributed by atoms with Gasteiger partial charge in [-0.15, -0.1) is 23.1 Å². The van der Waals surface area contributed by atoms with Crippen LogP contribution in [0, 0.1) is 0 Å². The molecule has 6 rings (SSSR count). The molecular weight excluding hydrogens is 494 g/mol. The highest BCUT2D eigenvalue weighted by Gasteiger charge is 2.36. The standard InChI is InChI=1S/C23H15N3O5S3/c27-20-12-3-1-2-4-13(12)21(28)26(20)11-5-6-14-17(9-11)33-23(25-14)34-18-8-7-16(31-18)19-24-15(10-32-19)22(29)30/h1-9,15,19,24H,10H2,(H,29,30)/t15-,19+/m0/s1. The molecule has 11 heteroatoms. The van der Waals surface area contributed by atoms with E-state index in [1.807, 2.05) is 12.1 Å². The monoisotopic (exact) mass is 509 g/mol. The number of carbonyl (C=O) groups excluding carboxylic acids is 2. The summed E-state index contributed by atoms with van der Waals surface area (Å²) in [5.41, 5.74) is 2.09. The molecule has 2 N–H and O–H groups in total. The fraction of sp³-hybridized carbons (Fsp3) is 0.130. The van der Waals surface area contributed by atoms with Crippen LogP contribution in [0.4, 0.5) is 5.69 Å². The number of carboxylic acid groups (broad SMARTS) is 1. The lowest BCUT2D eigenvalue weighted by Crippen LogP contribution is -2.33. The molecule has 0 radical (unpaired) electrons. The number of anilines is 1. The van der Waals surface area contributed by atoms with E-state index in [0.29, 0.717) is 33.4 Å². The van der Waals surface area contributed by atoms with E-state index in [4.69, 9.17) is 9.52 Å². The van der Waals surface area contributed by atoms with E-state index < -0.39 is 12.0 Å². The molecule has 170 valence electrons. The Morgan fingerprint density at radius 1 is 1.12 bits per heavy atom. The summed E-state index contributed by atoms with van der Waals surface area (Å²) in [5, 5.41) is 12.6. The number of hydrogen-bond acceptors (Lipinski definition) is 9. The van der Waals surface area contributed by atoms with E-state index in [1.54, 1.807) is 42.5 Å². The Morgan fingerprint density at radius 2 is 1.88 bits per heavy atom. The summed E-state index contributed by atoms with van der Waals surface area (Å²) < 4.78 is 7.52. The minimum absolute atomic E-state index is 0.201. The number of amides is 2. The number of benzene rings is 2. The number of nitrogens with one attached hydrogen (secondary N) is 1. The minimum atomic E-state index is -0.869. The summed E-state index contributed by atoms with van der Waals surface area (Å²) in [5.74, 6) is -0.371. The molecule has 0 unspecified atom stereocenters. The first-order valence-corrected chi connectivity index (χ1v) is 12.9. The molecule has 0 saturated carbocycles. The molecule has 0 bridgehead atoms. The van der Waals surface area contributed by atoms with Gasteiger partial charge in [0.25, 0.3) is 11.8 Å². The second-order valence-electron chi connectivity index (χ2n) is 7.65. The van der Waals surface area contributed by atoms with E-state index in [0.717, 1.165) is 14.6 Å². The Hall–Kier alpha value is -3.12. The average molecular weight is 510 g/mol. The predicted molar refractivity (Wildman–Crippen MR) is 130 cm³/mol. The summed E-state index contributed by atoms with van der Waals surface area (Å²) in [7, 11) is 0. The van der Waals surface area contributed by atoms with Gasteiger partial charge in [0.05, 0.1) is 27.0 Å². The number of imide groups is 1. The zero-order valence-electron chi connectivity index (χ0n) is 17.3. The molecule has 8 nitrogen and oxygen atoms in total. The van der Waals surface area contributed by atoms with Gasteiger partial charge in [0.1, 0.15) is 17.2 Å². The number of carbonyl (C=O) groups is 3. The van der Waals surface area contributed by atoms with Crippen molar-refractivity contribution in [1.29, 1.82) is 0 Å². The minimum Gasteiger partial charge on any atom is -0.480 e. The van der Waals surface area contributed by atoms with Crippen molar-refractivity contribution in [2.24, 2.45) is 0 Å². The Labute approximate surface area is 205 Å². The highest BCUT2D eigenvalue weighted by atomic mass is 32.2. The summed E-state index contributed by atoms with van der Waals surface area (Å²) in [4.78, 5) is 42.6. The Morgan fingerprint density at radius 3 is 2.59 bits per heavy atom. The van der Waals surface area contributed by atoms with Gasteiger partial charge in [0.2, 0.25) is 0 Å². The van der Waals surface area contributed by atoms with Crippen LogP contribution in [0.15, 0.2) is 68.4 Å². The van der Waals surface area contributed by atoms with Crippen LogP contribution in [0.3, 0.4) is 0 Å². The third-order valence-corrected chi connectivity index (χ3v) is 8.76. The van der Waals surface area contributed by atoms with Gasteiger partial charge in [0.15, 0.2) is 9.43 Å². The lowest BCUT2D eigenvalue weighted by Gasteiger charge is -2.13. The van der Waals surface area contributed by atoms with Crippen LogP contribution in [0.5, 0.6) is 0 Å². The number of rotatable bonds is 5.